The van der Waals surface area contributed by atoms with E-state index >= 15 is 0 Å². The summed E-state index contributed by atoms with van der Waals surface area (Å²) in [7, 11) is -1.82. The van der Waals surface area contributed by atoms with Crippen molar-refractivity contribution in [1.29, 1.82) is 0 Å². The maximum Gasteiger partial charge on any atom is 0.243 e. The van der Waals surface area contributed by atoms with E-state index in [4.69, 9.17) is 23.2 Å². The van der Waals surface area contributed by atoms with Gasteiger partial charge >= 0.3 is 0 Å². The molecule has 1 aromatic carbocycles. The van der Waals surface area contributed by atoms with Crippen molar-refractivity contribution in [2.24, 2.45) is 0 Å². The largest absolute Gasteiger partial charge is 0.243 e. The van der Waals surface area contributed by atoms with Crippen molar-refractivity contribution in [1.82, 2.24) is 4.31 Å². The molecule has 3 nitrogen and oxygen atoms in total. The molecule has 6 heteroatoms. The molecule has 1 fully saturated rings. The quantitative estimate of drug-likeness (QED) is 0.779. The fraction of sp³-hybridized carbons (Fsp3) is 0.571. The van der Waals surface area contributed by atoms with Crippen LogP contribution in [0.25, 0.3) is 0 Å². The lowest BCUT2D eigenvalue weighted by Crippen LogP contribution is -2.38. The van der Waals surface area contributed by atoms with E-state index < -0.39 is 10.0 Å². The molecule has 2 rings (SSSR count). The highest BCUT2D eigenvalue weighted by atomic mass is 35.5. The second kappa shape index (κ2) is 6.65. The highest BCUT2D eigenvalue weighted by Gasteiger charge is 2.29. The van der Waals surface area contributed by atoms with Gasteiger partial charge in [-0.05, 0) is 30.5 Å². The minimum Gasteiger partial charge on any atom is -0.207 e. The van der Waals surface area contributed by atoms with Crippen LogP contribution in [-0.2, 0) is 15.9 Å². The summed E-state index contributed by atoms with van der Waals surface area (Å²) in [6, 6.07) is 4.85. The van der Waals surface area contributed by atoms with Gasteiger partial charge in [-0.15, -0.1) is 11.6 Å². The van der Waals surface area contributed by atoms with Gasteiger partial charge in [-0.2, -0.15) is 4.31 Å². The van der Waals surface area contributed by atoms with Crippen LogP contribution in [0, 0.1) is 0 Å². The van der Waals surface area contributed by atoms with E-state index in [-0.39, 0.29) is 16.8 Å². The molecule has 0 amide bonds. The number of sulfonamides is 1. The fourth-order valence-electron chi connectivity index (χ4n) is 2.60. The van der Waals surface area contributed by atoms with Crippen LogP contribution in [0.1, 0.15) is 37.7 Å². The number of alkyl halides is 1. The Labute approximate surface area is 130 Å². The molecule has 20 heavy (non-hydrogen) atoms. The molecule has 0 bridgehead atoms. The smallest absolute Gasteiger partial charge is 0.207 e. The maximum atomic E-state index is 12.6. The summed E-state index contributed by atoms with van der Waals surface area (Å²) < 4.78 is 26.7. The molecule has 112 valence electrons. The lowest BCUT2D eigenvalue weighted by Gasteiger charge is -2.30. The van der Waals surface area contributed by atoms with Gasteiger partial charge in [0.15, 0.2) is 0 Å². The van der Waals surface area contributed by atoms with Crippen molar-refractivity contribution >= 4 is 33.2 Å². The van der Waals surface area contributed by atoms with Crippen molar-refractivity contribution in [3.8, 4) is 0 Å². The second-order valence-corrected chi connectivity index (χ2v) is 7.87. The predicted molar refractivity (Wildman–Crippen MR) is 82.8 cm³/mol. The topological polar surface area (TPSA) is 37.4 Å². The molecule has 0 spiro atoms. The molecule has 0 aromatic heterocycles. The minimum absolute atomic E-state index is 0.0974. The Bertz CT molecular complexity index is 569. The van der Waals surface area contributed by atoms with Crippen LogP contribution in [0.15, 0.2) is 23.1 Å². The fourth-order valence-corrected chi connectivity index (χ4v) is 4.66. The molecule has 1 aliphatic rings. The minimum atomic E-state index is -3.48. The van der Waals surface area contributed by atoms with E-state index in [1.807, 2.05) is 0 Å². The van der Waals surface area contributed by atoms with Gasteiger partial charge < -0.3 is 0 Å². The van der Waals surface area contributed by atoms with Crippen LogP contribution < -0.4 is 0 Å². The van der Waals surface area contributed by atoms with Crippen molar-refractivity contribution in [2.45, 2.75) is 48.9 Å². The molecular formula is C14H19Cl2NO2S. The van der Waals surface area contributed by atoms with E-state index in [9.17, 15) is 8.42 Å². The van der Waals surface area contributed by atoms with Crippen LogP contribution in [0.5, 0.6) is 0 Å². The molecule has 1 aromatic rings. The zero-order valence-electron chi connectivity index (χ0n) is 11.5. The third kappa shape index (κ3) is 3.30. The highest BCUT2D eigenvalue weighted by molar-refractivity contribution is 7.89. The van der Waals surface area contributed by atoms with Gasteiger partial charge in [-0.1, -0.05) is 36.9 Å². The van der Waals surface area contributed by atoms with Crippen LogP contribution in [0.4, 0.5) is 0 Å². The summed E-state index contributed by atoms with van der Waals surface area (Å²) in [5, 5.41) is 0.401. The SMILES string of the molecule is CN(C1CCCCC1)S(=O)(=O)c1ccc(CCl)c(Cl)c1. The molecule has 0 atom stereocenters. The van der Waals surface area contributed by atoms with Gasteiger partial charge in [0.05, 0.1) is 4.90 Å². The normalized spacial score (nSPS) is 17.6. The molecule has 1 saturated carbocycles. The van der Waals surface area contributed by atoms with Gasteiger partial charge in [0.25, 0.3) is 0 Å². The van der Waals surface area contributed by atoms with E-state index in [2.05, 4.69) is 0 Å². The maximum absolute atomic E-state index is 12.6. The molecule has 0 saturated heterocycles. The Morgan fingerprint density at radius 3 is 2.45 bits per heavy atom. The van der Waals surface area contributed by atoms with Crippen molar-refractivity contribution in [2.75, 3.05) is 7.05 Å². The number of hydrogen-bond acceptors (Lipinski definition) is 2. The van der Waals surface area contributed by atoms with Crippen molar-refractivity contribution in [3.63, 3.8) is 0 Å². The molecule has 0 radical (unpaired) electrons. The Morgan fingerprint density at radius 1 is 1.25 bits per heavy atom. The summed E-state index contributed by atoms with van der Waals surface area (Å²) in [6.07, 6.45) is 5.25. The molecular weight excluding hydrogens is 317 g/mol. The van der Waals surface area contributed by atoms with Crippen LogP contribution in [-0.4, -0.2) is 25.8 Å². The van der Waals surface area contributed by atoms with Gasteiger partial charge in [0.2, 0.25) is 10.0 Å². The van der Waals surface area contributed by atoms with E-state index in [0.29, 0.717) is 5.02 Å². The number of benzene rings is 1. The summed E-state index contributed by atoms with van der Waals surface area (Å²) in [5.74, 6) is 0.275. The standard InChI is InChI=1S/C14H19Cl2NO2S/c1-17(12-5-3-2-4-6-12)20(18,19)13-8-7-11(10-15)14(16)9-13/h7-9,12H,2-6,10H2,1H3. The monoisotopic (exact) mass is 335 g/mol. The molecule has 0 aliphatic heterocycles. The second-order valence-electron chi connectivity index (χ2n) is 5.20. The van der Waals surface area contributed by atoms with Gasteiger partial charge in [0, 0.05) is 24.0 Å². The lowest BCUT2D eigenvalue weighted by molar-refractivity contribution is 0.286. The molecule has 1 aliphatic carbocycles. The Hall–Kier alpha value is -0.290. The molecule has 0 unspecified atom stereocenters. The zero-order valence-corrected chi connectivity index (χ0v) is 13.8. The van der Waals surface area contributed by atoms with E-state index in [1.165, 1.54) is 16.8 Å². The first kappa shape index (κ1) is 16.1. The first-order valence-corrected chi connectivity index (χ1v) is 9.14. The lowest BCUT2D eigenvalue weighted by atomic mass is 9.96. The average Bonchev–Trinajstić information content (AvgIpc) is 2.47. The van der Waals surface area contributed by atoms with Crippen LogP contribution in [0.2, 0.25) is 5.02 Å². The summed E-state index contributed by atoms with van der Waals surface area (Å²) in [6.45, 7) is 0. The Morgan fingerprint density at radius 2 is 1.90 bits per heavy atom. The van der Waals surface area contributed by atoms with E-state index in [0.717, 1.165) is 31.2 Å². The number of halogens is 2. The zero-order chi connectivity index (χ0) is 14.8. The van der Waals surface area contributed by atoms with Crippen LogP contribution in [0.3, 0.4) is 0 Å². The average molecular weight is 336 g/mol. The van der Waals surface area contributed by atoms with Crippen molar-refractivity contribution in [3.05, 3.63) is 28.8 Å². The molecule has 0 heterocycles. The van der Waals surface area contributed by atoms with E-state index in [1.54, 1.807) is 19.2 Å². The number of nitrogens with zero attached hydrogens (tertiary/aromatic N) is 1. The first-order valence-electron chi connectivity index (χ1n) is 6.79. The third-order valence-corrected chi connectivity index (χ3v) is 6.48. The Kier molecular flexibility index (Phi) is 5.35. The Balaban J connectivity index is 2.27. The summed E-state index contributed by atoms with van der Waals surface area (Å²) >= 11 is 11.8. The predicted octanol–water partition coefficient (Wildman–Crippen LogP) is 4.03. The van der Waals surface area contributed by atoms with Gasteiger partial charge in [-0.3, -0.25) is 0 Å². The van der Waals surface area contributed by atoms with Crippen molar-refractivity contribution < 1.29 is 8.42 Å². The number of hydrogen-bond donors (Lipinski definition) is 0. The van der Waals surface area contributed by atoms with Gasteiger partial charge in [0.1, 0.15) is 0 Å². The van der Waals surface area contributed by atoms with Gasteiger partial charge in [-0.25, -0.2) is 8.42 Å². The third-order valence-electron chi connectivity index (χ3n) is 3.93. The summed E-state index contributed by atoms with van der Waals surface area (Å²) in [4.78, 5) is 0.240. The van der Waals surface area contributed by atoms with Crippen LogP contribution >= 0.6 is 23.2 Å². The summed E-state index contributed by atoms with van der Waals surface area (Å²) in [5.41, 5.74) is 0.743. The molecule has 0 N–H and O–H groups in total. The first-order chi connectivity index (χ1) is 9.46. The number of rotatable bonds is 4. The highest BCUT2D eigenvalue weighted by Crippen LogP contribution is 2.28.